The number of amides is 2. The number of nitrogens with zero attached hydrogens (tertiary/aromatic N) is 4. The summed E-state index contributed by atoms with van der Waals surface area (Å²) in [5.74, 6) is -6.39. The minimum atomic E-state index is -4.43. The summed E-state index contributed by atoms with van der Waals surface area (Å²) in [5, 5.41) is 21.1. The standard InChI is InChI=1S/C26H33F5N8O2/c1-14(2)39-20(13-35-38-39)24(41)37-22(15-5-7-25(27,28)8-6-15)19-12-33-21(36-19)4-3-18(32)10-16-9-17(26(29,30)31)11-34-23(16)40/h3-4,12-17,22,32H,5-11H2,1-2H3,(H,33,36)(H,34,40)(H,37,41)/b4-3-,32-18?/t16?,17-,22+/m1/s1. The Hall–Kier alpha value is -3.65. The first-order valence-electron chi connectivity index (χ1n) is 13.5. The molecule has 1 saturated heterocycles. The maximum Gasteiger partial charge on any atom is 0.393 e. The van der Waals surface area contributed by atoms with Crippen molar-refractivity contribution in [3.63, 3.8) is 0 Å². The zero-order valence-electron chi connectivity index (χ0n) is 22.6. The molecule has 1 unspecified atom stereocenters. The smallest absolute Gasteiger partial charge is 0.355 e. The third kappa shape index (κ3) is 7.55. The highest BCUT2D eigenvalue weighted by Crippen LogP contribution is 2.41. The predicted molar refractivity (Wildman–Crippen MR) is 138 cm³/mol. The highest BCUT2D eigenvalue weighted by molar-refractivity contribution is 5.98. The number of carbonyl (C=O) groups excluding carboxylic acids is 2. The SMILES string of the molecule is CC(C)n1nncc1C(=O)N[C@H](c1cnc(/C=C\C(=N)CC2C[C@@H](C(F)(F)F)CNC2=O)[nH]1)C1CCC(F)(F)CC1. The van der Waals surface area contributed by atoms with Crippen molar-refractivity contribution in [1.82, 2.24) is 35.6 Å². The largest absolute Gasteiger partial charge is 0.393 e. The molecule has 0 bridgehead atoms. The summed E-state index contributed by atoms with van der Waals surface area (Å²) in [5.41, 5.74) is 0.640. The number of H-pyrrole nitrogens is 1. The van der Waals surface area contributed by atoms with Crippen LogP contribution in [0.25, 0.3) is 6.08 Å². The fourth-order valence-corrected chi connectivity index (χ4v) is 5.28. The van der Waals surface area contributed by atoms with E-state index in [0.717, 1.165) is 0 Å². The summed E-state index contributed by atoms with van der Waals surface area (Å²) in [6, 6.07) is -0.809. The molecule has 1 aliphatic heterocycles. The number of halogens is 5. The number of imidazole rings is 1. The molecule has 4 rings (SSSR count). The third-order valence-corrected chi connectivity index (χ3v) is 7.60. The number of carbonyl (C=O) groups is 2. The van der Waals surface area contributed by atoms with E-state index in [2.05, 4.69) is 30.9 Å². The summed E-state index contributed by atoms with van der Waals surface area (Å²) >= 11 is 0. The molecule has 15 heteroatoms. The van der Waals surface area contributed by atoms with E-state index in [0.29, 0.717) is 11.5 Å². The Morgan fingerprint density at radius 2 is 1.98 bits per heavy atom. The van der Waals surface area contributed by atoms with Crippen LogP contribution >= 0.6 is 0 Å². The van der Waals surface area contributed by atoms with Crippen LogP contribution in [0.2, 0.25) is 0 Å². The van der Waals surface area contributed by atoms with Crippen LogP contribution < -0.4 is 10.6 Å². The second-order valence-electron chi connectivity index (χ2n) is 11.0. The molecular weight excluding hydrogens is 551 g/mol. The Morgan fingerprint density at radius 3 is 2.63 bits per heavy atom. The molecule has 2 amide bonds. The van der Waals surface area contributed by atoms with Gasteiger partial charge in [0.2, 0.25) is 11.8 Å². The lowest BCUT2D eigenvalue weighted by atomic mass is 9.81. The maximum atomic E-state index is 13.9. The molecule has 2 aliphatic rings. The van der Waals surface area contributed by atoms with Gasteiger partial charge in [-0.05, 0) is 51.2 Å². The molecule has 1 saturated carbocycles. The van der Waals surface area contributed by atoms with E-state index in [4.69, 9.17) is 5.41 Å². The Labute approximate surface area is 233 Å². The third-order valence-electron chi connectivity index (χ3n) is 7.60. The maximum absolute atomic E-state index is 13.9. The van der Waals surface area contributed by atoms with Crippen LogP contribution in [0.15, 0.2) is 18.5 Å². The van der Waals surface area contributed by atoms with Crippen molar-refractivity contribution < 1.29 is 31.5 Å². The van der Waals surface area contributed by atoms with Crippen molar-refractivity contribution in [2.24, 2.45) is 17.8 Å². The Kier molecular flexibility index (Phi) is 8.92. The lowest BCUT2D eigenvalue weighted by Gasteiger charge is -2.33. The van der Waals surface area contributed by atoms with Gasteiger partial charge in [-0.15, -0.1) is 5.10 Å². The normalized spacial score (nSPS) is 22.6. The van der Waals surface area contributed by atoms with E-state index in [-0.39, 0.29) is 61.9 Å². The summed E-state index contributed by atoms with van der Waals surface area (Å²) in [6.07, 6.45) is 0.341. The Morgan fingerprint density at radius 1 is 1.27 bits per heavy atom. The second-order valence-corrected chi connectivity index (χ2v) is 11.0. The van der Waals surface area contributed by atoms with Crippen LogP contribution in [-0.4, -0.2) is 61.1 Å². The quantitative estimate of drug-likeness (QED) is 0.252. The minimum Gasteiger partial charge on any atom is -0.355 e. The predicted octanol–water partition coefficient (Wildman–Crippen LogP) is 4.62. The van der Waals surface area contributed by atoms with Gasteiger partial charge in [0.1, 0.15) is 11.5 Å². The number of alkyl halides is 5. The molecule has 0 aromatic carbocycles. The first kappa shape index (κ1) is 30.3. The molecule has 2 aromatic heterocycles. The van der Waals surface area contributed by atoms with Crippen LogP contribution in [0.5, 0.6) is 0 Å². The van der Waals surface area contributed by atoms with Crippen LogP contribution in [0, 0.1) is 23.2 Å². The van der Waals surface area contributed by atoms with E-state index >= 15 is 0 Å². The van der Waals surface area contributed by atoms with Crippen LogP contribution in [0.3, 0.4) is 0 Å². The summed E-state index contributed by atoms with van der Waals surface area (Å²) in [6.45, 7) is 3.21. The minimum absolute atomic E-state index is 0.0558. The van der Waals surface area contributed by atoms with Crippen molar-refractivity contribution in [2.75, 3.05) is 6.54 Å². The molecule has 4 N–H and O–H groups in total. The van der Waals surface area contributed by atoms with E-state index in [1.54, 1.807) is 0 Å². The van der Waals surface area contributed by atoms with Crippen molar-refractivity contribution in [3.05, 3.63) is 35.7 Å². The van der Waals surface area contributed by atoms with Gasteiger partial charge >= 0.3 is 6.18 Å². The van der Waals surface area contributed by atoms with Crippen molar-refractivity contribution >= 4 is 23.6 Å². The average molecular weight is 585 g/mol. The van der Waals surface area contributed by atoms with Crippen molar-refractivity contribution in [3.8, 4) is 0 Å². The number of nitrogens with one attached hydrogen (secondary N) is 4. The Bertz CT molecular complexity index is 1270. The number of allylic oxidation sites excluding steroid dienone is 1. The van der Waals surface area contributed by atoms with Crippen molar-refractivity contribution in [1.29, 1.82) is 5.41 Å². The fraction of sp³-hybridized carbons (Fsp3) is 0.615. The van der Waals surface area contributed by atoms with Gasteiger partial charge in [0.05, 0.1) is 30.0 Å². The highest BCUT2D eigenvalue weighted by Gasteiger charge is 2.44. The number of hydrogen-bond donors (Lipinski definition) is 4. The molecular formula is C26H33F5N8O2. The Balaban J connectivity index is 1.46. The van der Waals surface area contributed by atoms with Crippen LogP contribution in [-0.2, 0) is 4.79 Å². The molecule has 1 aliphatic carbocycles. The zero-order valence-corrected chi connectivity index (χ0v) is 22.6. The van der Waals surface area contributed by atoms with E-state index < -0.39 is 48.3 Å². The summed E-state index contributed by atoms with van der Waals surface area (Å²) in [4.78, 5) is 32.5. The molecule has 0 spiro atoms. The van der Waals surface area contributed by atoms with Crippen LogP contribution in [0.4, 0.5) is 22.0 Å². The van der Waals surface area contributed by atoms with Gasteiger partial charge in [-0.3, -0.25) is 9.59 Å². The van der Waals surface area contributed by atoms with Gasteiger partial charge in [-0.25, -0.2) is 18.4 Å². The van der Waals surface area contributed by atoms with Gasteiger partial charge in [0.15, 0.2) is 0 Å². The molecule has 224 valence electrons. The van der Waals surface area contributed by atoms with Gasteiger partial charge in [0, 0.05) is 43.5 Å². The molecule has 2 aromatic rings. The van der Waals surface area contributed by atoms with Crippen LogP contribution in [0.1, 0.15) is 86.5 Å². The number of piperidine rings is 1. The zero-order chi connectivity index (χ0) is 29.9. The molecule has 10 nitrogen and oxygen atoms in total. The van der Waals surface area contributed by atoms with E-state index in [1.807, 2.05) is 13.8 Å². The summed E-state index contributed by atoms with van der Waals surface area (Å²) < 4.78 is 68.5. The molecule has 2 fully saturated rings. The fourth-order valence-electron chi connectivity index (χ4n) is 5.28. The first-order chi connectivity index (χ1) is 19.2. The lowest BCUT2D eigenvalue weighted by Crippen LogP contribution is -2.46. The monoisotopic (exact) mass is 584 g/mol. The number of hydrogen-bond acceptors (Lipinski definition) is 6. The first-order valence-corrected chi connectivity index (χ1v) is 13.5. The average Bonchev–Trinajstić information content (AvgIpc) is 3.57. The second kappa shape index (κ2) is 12.1. The molecule has 3 atom stereocenters. The lowest BCUT2D eigenvalue weighted by molar-refractivity contribution is -0.183. The number of rotatable bonds is 9. The molecule has 41 heavy (non-hydrogen) atoms. The number of aromatic nitrogens is 5. The van der Waals surface area contributed by atoms with Gasteiger partial charge < -0.3 is 21.0 Å². The summed E-state index contributed by atoms with van der Waals surface area (Å²) in [7, 11) is 0. The van der Waals surface area contributed by atoms with Gasteiger partial charge in [-0.2, -0.15) is 13.2 Å². The van der Waals surface area contributed by atoms with Gasteiger partial charge in [0.25, 0.3) is 5.91 Å². The molecule has 0 radical (unpaired) electrons. The van der Waals surface area contributed by atoms with Crippen molar-refractivity contribution in [2.45, 2.75) is 76.6 Å². The van der Waals surface area contributed by atoms with E-state index in [9.17, 15) is 31.5 Å². The van der Waals surface area contributed by atoms with E-state index in [1.165, 1.54) is 29.2 Å². The molecule has 3 heterocycles. The van der Waals surface area contributed by atoms with Gasteiger partial charge in [-0.1, -0.05) is 5.21 Å². The highest BCUT2D eigenvalue weighted by atomic mass is 19.4. The number of aromatic amines is 1. The topological polar surface area (TPSA) is 141 Å².